The lowest BCUT2D eigenvalue weighted by atomic mass is 9.96. The molecule has 1 aliphatic rings. The Balaban J connectivity index is 1.68. The second kappa shape index (κ2) is 7.20. The van der Waals surface area contributed by atoms with Gasteiger partial charge in [0.2, 0.25) is 5.91 Å². The highest BCUT2D eigenvalue weighted by Crippen LogP contribution is 2.37. The maximum Gasteiger partial charge on any atom is 0.251 e. The van der Waals surface area contributed by atoms with Crippen molar-refractivity contribution in [3.63, 3.8) is 0 Å². The molecule has 0 fully saturated rings. The molecule has 0 bridgehead atoms. The van der Waals surface area contributed by atoms with Gasteiger partial charge in [-0.25, -0.2) is 4.98 Å². The lowest BCUT2D eigenvalue weighted by Gasteiger charge is -2.09. The number of thioether (sulfide) groups is 1. The molecular formula is C16H16N4O2S2. The number of carbonyl (C=O) groups is 1. The number of anilines is 1. The minimum absolute atomic E-state index is 0.125. The fraction of sp³-hybridized carbons (Fsp3) is 0.375. The molecule has 0 aromatic carbocycles. The number of amides is 1. The largest absolute Gasteiger partial charge is 0.316 e. The Morgan fingerprint density at radius 2 is 2.29 bits per heavy atom. The van der Waals surface area contributed by atoms with Crippen molar-refractivity contribution < 1.29 is 4.79 Å². The third kappa shape index (κ3) is 3.68. The second-order valence-electron chi connectivity index (χ2n) is 5.56. The molecule has 0 saturated heterocycles. The molecule has 0 unspecified atom stereocenters. The third-order valence-corrected chi connectivity index (χ3v) is 5.80. The van der Waals surface area contributed by atoms with Gasteiger partial charge in [0.15, 0.2) is 5.16 Å². The quantitative estimate of drug-likeness (QED) is 0.645. The third-order valence-electron chi connectivity index (χ3n) is 3.72. The van der Waals surface area contributed by atoms with Gasteiger partial charge in [-0.05, 0) is 38.2 Å². The summed E-state index contributed by atoms with van der Waals surface area (Å²) in [6.07, 6.45) is 4.11. The fourth-order valence-corrected chi connectivity index (χ4v) is 4.67. The number of rotatable bonds is 4. The van der Waals surface area contributed by atoms with Gasteiger partial charge in [-0.1, -0.05) is 11.8 Å². The Kier molecular flexibility index (Phi) is 5.02. The van der Waals surface area contributed by atoms with E-state index in [-0.39, 0.29) is 17.2 Å². The average Bonchev–Trinajstić information content (AvgIpc) is 2.89. The molecule has 2 aromatic heterocycles. The number of nitriles is 1. The molecule has 124 valence electrons. The van der Waals surface area contributed by atoms with Gasteiger partial charge in [-0.3, -0.25) is 9.59 Å². The van der Waals surface area contributed by atoms with E-state index in [1.165, 1.54) is 34.0 Å². The van der Waals surface area contributed by atoms with E-state index in [2.05, 4.69) is 21.4 Å². The number of H-pyrrole nitrogens is 1. The summed E-state index contributed by atoms with van der Waals surface area (Å²) in [6.45, 7) is 1.73. The van der Waals surface area contributed by atoms with Gasteiger partial charge in [0.1, 0.15) is 11.1 Å². The first-order valence-corrected chi connectivity index (χ1v) is 9.42. The van der Waals surface area contributed by atoms with E-state index in [9.17, 15) is 14.9 Å². The van der Waals surface area contributed by atoms with Crippen LogP contribution in [0, 0.1) is 18.3 Å². The van der Waals surface area contributed by atoms with E-state index in [0.29, 0.717) is 21.4 Å². The molecule has 2 N–H and O–H groups in total. The van der Waals surface area contributed by atoms with Crippen LogP contribution < -0.4 is 10.9 Å². The Bertz CT molecular complexity index is 879. The highest BCUT2D eigenvalue weighted by atomic mass is 32.2. The van der Waals surface area contributed by atoms with Crippen LogP contribution in [0.1, 0.15) is 34.5 Å². The Morgan fingerprint density at radius 3 is 3.04 bits per heavy atom. The number of thiophene rings is 1. The molecule has 0 radical (unpaired) electrons. The first-order chi connectivity index (χ1) is 11.6. The van der Waals surface area contributed by atoms with Crippen LogP contribution in [0.25, 0.3) is 0 Å². The molecule has 24 heavy (non-hydrogen) atoms. The molecule has 2 heterocycles. The van der Waals surface area contributed by atoms with Crippen molar-refractivity contribution >= 4 is 34.0 Å². The van der Waals surface area contributed by atoms with E-state index in [4.69, 9.17) is 0 Å². The summed E-state index contributed by atoms with van der Waals surface area (Å²) < 4.78 is 0. The summed E-state index contributed by atoms with van der Waals surface area (Å²) in [6, 6.07) is 3.63. The zero-order valence-corrected chi connectivity index (χ0v) is 14.8. The number of hydrogen-bond donors (Lipinski definition) is 2. The lowest BCUT2D eigenvalue weighted by Crippen LogP contribution is -2.15. The molecule has 0 saturated carbocycles. The van der Waals surface area contributed by atoms with E-state index < -0.39 is 0 Å². The maximum atomic E-state index is 12.2. The summed E-state index contributed by atoms with van der Waals surface area (Å²) in [7, 11) is 0. The highest BCUT2D eigenvalue weighted by molar-refractivity contribution is 7.99. The number of aryl methyl sites for hydroxylation is 2. The number of aromatic nitrogens is 2. The summed E-state index contributed by atoms with van der Waals surface area (Å²) in [4.78, 5) is 31.6. The van der Waals surface area contributed by atoms with Gasteiger partial charge in [0.25, 0.3) is 5.56 Å². The van der Waals surface area contributed by atoms with Gasteiger partial charge in [0.05, 0.1) is 11.3 Å². The SMILES string of the molecule is Cc1cc(=O)[nH]c(SCC(=O)Nc2sc3c(c2C#N)CCCC3)n1. The first kappa shape index (κ1) is 16.7. The van der Waals surface area contributed by atoms with Crippen LogP contribution in [-0.4, -0.2) is 21.6 Å². The van der Waals surface area contributed by atoms with Crippen LogP contribution in [0.4, 0.5) is 5.00 Å². The van der Waals surface area contributed by atoms with Crippen molar-refractivity contribution in [1.82, 2.24) is 9.97 Å². The lowest BCUT2D eigenvalue weighted by molar-refractivity contribution is -0.113. The first-order valence-electron chi connectivity index (χ1n) is 7.62. The van der Waals surface area contributed by atoms with Gasteiger partial charge in [-0.2, -0.15) is 5.26 Å². The van der Waals surface area contributed by atoms with Crippen molar-refractivity contribution in [3.05, 3.63) is 38.1 Å². The van der Waals surface area contributed by atoms with E-state index in [1.807, 2.05) is 0 Å². The van der Waals surface area contributed by atoms with Crippen molar-refractivity contribution in [2.75, 3.05) is 11.1 Å². The van der Waals surface area contributed by atoms with Crippen LogP contribution >= 0.6 is 23.1 Å². The zero-order chi connectivity index (χ0) is 17.1. The smallest absolute Gasteiger partial charge is 0.251 e. The summed E-state index contributed by atoms with van der Waals surface area (Å²) in [5.41, 5.74) is 2.08. The molecule has 6 nitrogen and oxygen atoms in total. The standard InChI is InChI=1S/C16H16N4O2S2/c1-9-6-13(21)20-16(18-9)23-8-14(22)19-15-11(7-17)10-4-2-3-5-12(10)24-15/h6H,2-5,8H2,1H3,(H,19,22)(H,18,20,21). The predicted molar refractivity (Wildman–Crippen MR) is 94.6 cm³/mol. The maximum absolute atomic E-state index is 12.2. The number of fused-ring (bicyclic) bond motifs is 1. The van der Waals surface area contributed by atoms with Gasteiger partial charge >= 0.3 is 0 Å². The Labute approximate surface area is 147 Å². The van der Waals surface area contributed by atoms with Crippen LogP contribution in [0.15, 0.2) is 16.0 Å². The normalized spacial score (nSPS) is 13.2. The Morgan fingerprint density at radius 1 is 1.50 bits per heavy atom. The van der Waals surface area contributed by atoms with Crippen molar-refractivity contribution in [3.8, 4) is 6.07 Å². The number of nitrogens with one attached hydrogen (secondary N) is 2. The summed E-state index contributed by atoms with van der Waals surface area (Å²) in [5.74, 6) is -0.0842. The van der Waals surface area contributed by atoms with E-state index >= 15 is 0 Å². The van der Waals surface area contributed by atoms with E-state index in [0.717, 1.165) is 31.2 Å². The number of nitrogens with zero attached hydrogens (tertiary/aromatic N) is 2. The molecule has 8 heteroatoms. The molecule has 0 atom stereocenters. The van der Waals surface area contributed by atoms with Crippen molar-refractivity contribution in [1.29, 1.82) is 5.26 Å². The van der Waals surface area contributed by atoms with E-state index in [1.54, 1.807) is 6.92 Å². The molecule has 0 spiro atoms. The molecular weight excluding hydrogens is 344 g/mol. The monoisotopic (exact) mass is 360 g/mol. The Hall–Kier alpha value is -2.11. The van der Waals surface area contributed by atoms with Gasteiger partial charge in [-0.15, -0.1) is 11.3 Å². The number of aromatic amines is 1. The highest BCUT2D eigenvalue weighted by Gasteiger charge is 2.21. The van der Waals surface area contributed by atoms with Crippen LogP contribution in [-0.2, 0) is 17.6 Å². The molecule has 3 rings (SSSR count). The number of carbonyl (C=O) groups excluding carboxylic acids is 1. The fourth-order valence-electron chi connectivity index (χ4n) is 2.69. The minimum atomic E-state index is -0.233. The van der Waals surface area contributed by atoms with Crippen LogP contribution in [0.2, 0.25) is 0 Å². The average molecular weight is 360 g/mol. The van der Waals surface area contributed by atoms with Crippen LogP contribution in [0.5, 0.6) is 0 Å². The van der Waals surface area contributed by atoms with Crippen LogP contribution in [0.3, 0.4) is 0 Å². The van der Waals surface area contributed by atoms with Crippen molar-refractivity contribution in [2.45, 2.75) is 37.8 Å². The summed E-state index contributed by atoms with van der Waals surface area (Å²) in [5, 5.41) is 13.3. The molecule has 0 aliphatic heterocycles. The van der Waals surface area contributed by atoms with Gasteiger partial charge in [0, 0.05) is 16.6 Å². The molecule has 1 amide bonds. The molecule has 2 aromatic rings. The zero-order valence-electron chi connectivity index (χ0n) is 13.1. The number of hydrogen-bond acceptors (Lipinski definition) is 6. The topological polar surface area (TPSA) is 98.6 Å². The molecule has 1 aliphatic carbocycles. The van der Waals surface area contributed by atoms with Gasteiger partial charge < -0.3 is 10.3 Å². The van der Waals surface area contributed by atoms with Crippen molar-refractivity contribution in [2.24, 2.45) is 0 Å². The summed E-state index contributed by atoms with van der Waals surface area (Å²) >= 11 is 2.67. The predicted octanol–water partition coefficient (Wildman–Crippen LogP) is 2.62. The second-order valence-corrected chi connectivity index (χ2v) is 7.62. The minimum Gasteiger partial charge on any atom is -0.316 e.